The zero-order chi connectivity index (χ0) is 11.4. The Morgan fingerprint density at radius 1 is 1.00 bits per heavy atom. The van der Waals surface area contributed by atoms with Crippen molar-refractivity contribution in [3.63, 3.8) is 0 Å². The molecule has 0 aliphatic rings. The number of aliphatic hydroxyl groups is 1. The van der Waals surface area contributed by atoms with Gasteiger partial charge in [-0.25, -0.2) is 4.79 Å². The first-order chi connectivity index (χ1) is 6.44. The summed E-state index contributed by atoms with van der Waals surface area (Å²) in [6.45, 7) is 7.55. The van der Waals surface area contributed by atoms with Gasteiger partial charge in [0.25, 0.3) is 0 Å². The Balaban J connectivity index is 0. The highest BCUT2D eigenvalue weighted by Crippen LogP contribution is 2.43. The quantitative estimate of drug-likeness (QED) is 0.640. The van der Waals surface area contributed by atoms with Crippen molar-refractivity contribution in [2.24, 2.45) is 5.41 Å². The van der Waals surface area contributed by atoms with Crippen molar-refractivity contribution >= 4 is 5.97 Å². The summed E-state index contributed by atoms with van der Waals surface area (Å²) in [4.78, 5) is 11.1. The van der Waals surface area contributed by atoms with Gasteiger partial charge in [0, 0.05) is 5.41 Å². The highest BCUT2D eigenvalue weighted by atomic mass is 16.4. The first-order valence-electron chi connectivity index (χ1n) is 5.39. The smallest absolute Gasteiger partial charge is 0.336 e. The first-order valence-corrected chi connectivity index (χ1v) is 5.39. The standard InChI is InChI=1S/C11H22O3.H3N/c1-5-10(6-2,7-3)11(14,8-4)9(12)13;/h14H,5-8H2,1-4H3,(H,12,13);1H3. The lowest BCUT2D eigenvalue weighted by atomic mass is 9.65. The summed E-state index contributed by atoms with van der Waals surface area (Å²) in [7, 11) is 0. The molecule has 0 aromatic rings. The molecule has 0 spiro atoms. The molecule has 0 aliphatic heterocycles. The first kappa shape index (κ1) is 16.8. The van der Waals surface area contributed by atoms with E-state index in [1.54, 1.807) is 6.92 Å². The predicted octanol–water partition coefficient (Wildman–Crippen LogP) is 2.59. The molecule has 0 fully saturated rings. The number of hydrogen-bond acceptors (Lipinski definition) is 3. The predicted molar refractivity (Wildman–Crippen MR) is 61.2 cm³/mol. The van der Waals surface area contributed by atoms with Crippen LogP contribution in [0.3, 0.4) is 0 Å². The van der Waals surface area contributed by atoms with Gasteiger partial charge in [-0.2, -0.15) is 0 Å². The second kappa shape index (κ2) is 6.08. The van der Waals surface area contributed by atoms with Gasteiger partial charge in [-0.1, -0.05) is 27.7 Å². The summed E-state index contributed by atoms with van der Waals surface area (Å²) in [5.41, 5.74) is -2.07. The molecule has 0 heterocycles. The summed E-state index contributed by atoms with van der Waals surface area (Å²) >= 11 is 0. The topological polar surface area (TPSA) is 92.5 Å². The molecule has 4 nitrogen and oxygen atoms in total. The monoisotopic (exact) mass is 219 g/mol. The van der Waals surface area contributed by atoms with Crippen LogP contribution >= 0.6 is 0 Å². The average Bonchev–Trinajstić information content (AvgIpc) is 2.20. The molecule has 0 aromatic heterocycles. The van der Waals surface area contributed by atoms with E-state index in [1.165, 1.54) is 0 Å². The highest BCUT2D eigenvalue weighted by molar-refractivity contribution is 5.78. The van der Waals surface area contributed by atoms with Gasteiger partial charge in [0.15, 0.2) is 5.60 Å². The van der Waals surface area contributed by atoms with Crippen molar-refractivity contribution in [1.29, 1.82) is 0 Å². The van der Waals surface area contributed by atoms with Crippen molar-refractivity contribution in [2.75, 3.05) is 0 Å². The molecule has 0 rings (SSSR count). The molecular weight excluding hydrogens is 194 g/mol. The summed E-state index contributed by atoms with van der Waals surface area (Å²) in [5, 5.41) is 19.3. The maximum atomic E-state index is 11.1. The SMILES string of the molecule is CCC(CC)(CC)C(O)(CC)C(=O)O.N. The summed E-state index contributed by atoms with van der Waals surface area (Å²) < 4.78 is 0. The van der Waals surface area contributed by atoms with Gasteiger partial charge < -0.3 is 16.4 Å². The summed E-state index contributed by atoms with van der Waals surface area (Å²) in [6, 6.07) is 0. The number of hydrogen-bond donors (Lipinski definition) is 3. The van der Waals surface area contributed by atoms with Crippen molar-refractivity contribution in [3.05, 3.63) is 0 Å². The molecule has 0 saturated carbocycles. The van der Waals surface area contributed by atoms with Crippen LogP contribution in [-0.4, -0.2) is 21.8 Å². The minimum Gasteiger partial charge on any atom is -0.479 e. The van der Waals surface area contributed by atoms with Gasteiger partial charge in [0.1, 0.15) is 0 Å². The molecule has 5 N–H and O–H groups in total. The Morgan fingerprint density at radius 2 is 1.33 bits per heavy atom. The summed E-state index contributed by atoms with van der Waals surface area (Å²) in [5.74, 6) is -1.09. The number of carboxylic acid groups (broad SMARTS) is 1. The van der Waals surface area contributed by atoms with E-state index >= 15 is 0 Å². The Morgan fingerprint density at radius 3 is 1.40 bits per heavy atom. The number of carbonyl (C=O) groups is 1. The third-order valence-corrected chi connectivity index (χ3v) is 3.77. The molecule has 0 radical (unpaired) electrons. The molecule has 1 atom stereocenters. The van der Waals surface area contributed by atoms with Crippen LogP contribution in [0.4, 0.5) is 0 Å². The van der Waals surface area contributed by atoms with Crippen molar-refractivity contribution < 1.29 is 15.0 Å². The van der Waals surface area contributed by atoms with E-state index in [0.29, 0.717) is 19.3 Å². The molecule has 0 amide bonds. The molecule has 0 aromatic carbocycles. The Hall–Kier alpha value is -0.610. The van der Waals surface area contributed by atoms with Crippen molar-refractivity contribution in [3.8, 4) is 0 Å². The zero-order valence-corrected chi connectivity index (χ0v) is 10.3. The van der Waals surface area contributed by atoms with Gasteiger partial charge in [-0.15, -0.1) is 0 Å². The fraction of sp³-hybridized carbons (Fsp3) is 0.909. The molecule has 0 bridgehead atoms. The molecule has 15 heavy (non-hydrogen) atoms. The van der Waals surface area contributed by atoms with Crippen LogP contribution in [0.15, 0.2) is 0 Å². The van der Waals surface area contributed by atoms with Crippen LogP contribution in [0.25, 0.3) is 0 Å². The fourth-order valence-electron chi connectivity index (χ4n) is 2.38. The lowest BCUT2D eigenvalue weighted by Gasteiger charge is -2.43. The minimum atomic E-state index is -1.58. The molecule has 4 heteroatoms. The second-order valence-electron chi connectivity index (χ2n) is 3.86. The van der Waals surface area contributed by atoms with E-state index in [1.807, 2.05) is 20.8 Å². The van der Waals surface area contributed by atoms with E-state index in [0.717, 1.165) is 0 Å². The Bertz CT molecular complexity index is 194. The maximum Gasteiger partial charge on any atom is 0.336 e. The van der Waals surface area contributed by atoms with Crippen molar-refractivity contribution in [2.45, 2.75) is 59.0 Å². The lowest BCUT2D eigenvalue weighted by Crippen LogP contribution is -2.53. The minimum absolute atomic E-state index is 0. The highest BCUT2D eigenvalue weighted by Gasteiger charge is 2.51. The van der Waals surface area contributed by atoms with Gasteiger partial charge >= 0.3 is 5.97 Å². The van der Waals surface area contributed by atoms with Crippen molar-refractivity contribution in [1.82, 2.24) is 6.15 Å². The molecule has 0 aliphatic carbocycles. The normalized spacial score (nSPS) is 15.3. The van der Waals surface area contributed by atoms with Crippen LogP contribution in [0.5, 0.6) is 0 Å². The fourth-order valence-corrected chi connectivity index (χ4v) is 2.38. The number of carboxylic acids is 1. The van der Waals surface area contributed by atoms with Crippen LogP contribution in [0.2, 0.25) is 0 Å². The van der Waals surface area contributed by atoms with E-state index in [9.17, 15) is 9.90 Å². The average molecular weight is 219 g/mol. The van der Waals surface area contributed by atoms with Crippen LogP contribution in [-0.2, 0) is 4.79 Å². The second-order valence-corrected chi connectivity index (χ2v) is 3.86. The summed E-state index contributed by atoms with van der Waals surface area (Å²) in [6.07, 6.45) is 2.34. The zero-order valence-electron chi connectivity index (χ0n) is 10.3. The van der Waals surface area contributed by atoms with E-state index in [4.69, 9.17) is 5.11 Å². The van der Waals surface area contributed by atoms with Crippen LogP contribution < -0.4 is 6.15 Å². The van der Waals surface area contributed by atoms with Crippen LogP contribution in [0, 0.1) is 5.41 Å². The van der Waals surface area contributed by atoms with E-state index < -0.39 is 17.0 Å². The number of rotatable bonds is 6. The van der Waals surface area contributed by atoms with E-state index in [-0.39, 0.29) is 12.6 Å². The third-order valence-electron chi connectivity index (χ3n) is 3.77. The van der Waals surface area contributed by atoms with E-state index in [2.05, 4.69) is 0 Å². The molecule has 92 valence electrons. The Kier molecular flexibility index (Phi) is 6.81. The third kappa shape index (κ3) is 2.49. The van der Waals surface area contributed by atoms with Gasteiger partial charge in [0.05, 0.1) is 0 Å². The maximum absolute atomic E-state index is 11.1. The van der Waals surface area contributed by atoms with Gasteiger partial charge in [-0.3, -0.25) is 0 Å². The van der Waals surface area contributed by atoms with Gasteiger partial charge in [-0.05, 0) is 25.7 Å². The molecular formula is C11H25NO3. The largest absolute Gasteiger partial charge is 0.479 e. The van der Waals surface area contributed by atoms with Gasteiger partial charge in [0.2, 0.25) is 0 Å². The molecule has 1 unspecified atom stereocenters. The number of aliphatic carboxylic acids is 1. The molecule has 0 saturated heterocycles. The van der Waals surface area contributed by atoms with Crippen LogP contribution in [0.1, 0.15) is 53.4 Å². The lowest BCUT2D eigenvalue weighted by molar-refractivity contribution is -0.178. The Labute approximate surface area is 92.3 Å².